The number of hydrogen-bond donors (Lipinski definition) is 1. The topological polar surface area (TPSA) is 72.7 Å². The fourth-order valence-electron chi connectivity index (χ4n) is 0.800. The molecule has 0 aliphatic heterocycles. The number of nitrogens with zero attached hydrogens (tertiary/aromatic N) is 4. The normalized spacial score (nSPS) is 12.8. The maximum Gasteiger partial charge on any atom is 0.242 e. The van der Waals surface area contributed by atoms with Crippen LogP contribution in [-0.2, 0) is 17.8 Å². The summed E-state index contributed by atoms with van der Waals surface area (Å²) in [5.74, 6) is 1.93. The molecule has 1 aromatic rings. The van der Waals surface area contributed by atoms with E-state index in [1.54, 1.807) is 7.05 Å². The molecule has 0 saturated carbocycles. The van der Waals surface area contributed by atoms with Crippen LogP contribution >= 0.6 is 0 Å². The molecule has 13 heavy (non-hydrogen) atoms. The third kappa shape index (κ3) is 3.10. The van der Waals surface area contributed by atoms with E-state index in [2.05, 4.69) is 20.8 Å². The van der Waals surface area contributed by atoms with Crippen LogP contribution in [-0.4, -0.2) is 42.5 Å². The van der Waals surface area contributed by atoms with Crippen LogP contribution in [0.15, 0.2) is 0 Å². The van der Waals surface area contributed by atoms with Crippen molar-refractivity contribution < 1.29 is 4.21 Å². The van der Waals surface area contributed by atoms with Crippen LogP contribution in [0.2, 0.25) is 0 Å². The minimum atomic E-state index is -0.735. The van der Waals surface area contributed by atoms with Crippen molar-refractivity contribution in [2.75, 3.05) is 23.4 Å². The largest absolute Gasteiger partial charge is 0.352 e. The fourth-order valence-corrected chi connectivity index (χ4v) is 1.42. The molecule has 1 aromatic heterocycles. The molecule has 7 heteroatoms. The smallest absolute Gasteiger partial charge is 0.242 e. The fraction of sp³-hybridized carbons (Fsp3) is 0.833. The molecule has 1 heterocycles. The molecule has 6 nitrogen and oxygen atoms in total. The molecule has 0 spiro atoms. The molecule has 0 amide bonds. The first-order valence-electron chi connectivity index (χ1n) is 4.05. The molecular weight excluding hydrogens is 190 g/mol. The van der Waals surface area contributed by atoms with Gasteiger partial charge in [0, 0.05) is 35.9 Å². The number of rotatable bonds is 5. The number of nitrogens with one attached hydrogen (secondary N) is 1. The lowest BCUT2D eigenvalue weighted by Gasteiger charge is -2.02. The maximum atomic E-state index is 11.0. The lowest BCUT2D eigenvalue weighted by molar-refractivity contribution is 0.683. The molecule has 0 fully saturated rings. The van der Waals surface area contributed by atoms with Crippen molar-refractivity contribution in [2.45, 2.75) is 6.92 Å². The quantitative estimate of drug-likeness (QED) is 0.691. The van der Waals surface area contributed by atoms with E-state index in [0.29, 0.717) is 24.0 Å². The highest BCUT2D eigenvalue weighted by molar-refractivity contribution is 7.84. The maximum absolute atomic E-state index is 11.0. The Bertz CT molecular complexity index is 286. The first-order valence-corrected chi connectivity index (χ1v) is 5.54. The average molecular weight is 203 g/mol. The van der Waals surface area contributed by atoms with E-state index < -0.39 is 10.8 Å². The van der Waals surface area contributed by atoms with Crippen LogP contribution in [0.4, 0.5) is 5.95 Å². The van der Waals surface area contributed by atoms with Crippen molar-refractivity contribution >= 4 is 16.7 Å². The third-order valence-electron chi connectivity index (χ3n) is 1.55. The zero-order valence-electron chi connectivity index (χ0n) is 7.73. The zero-order chi connectivity index (χ0) is 9.68. The van der Waals surface area contributed by atoms with Crippen LogP contribution in [0.5, 0.6) is 0 Å². The first-order chi connectivity index (χ1) is 6.24. The van der Waals surface area contributed by atoms with Gasteiger partial charge in [-0.15, -0.1) is 0 Å². The third-order valence-corrected chi connectivity index (χ3v) is 2.86. The Hall–Kier alpha value is -0.980. The van der Waals surface area contributed by atoms with Gasteiger partial charge in [-0.25, -0.2) is 4.68 Å². The summed E-state index contributed by atoms with van der Waals surface area (Å²) in [7, 11) is 1.01. The van der Waals surface area contributed by atoms with Crippen molar-refractivity contribution in [3.05, 3.63) is 0 Å². The zero-order valence-corrected chi connectivity index (χ0v) is 8.54. The van der Waals surface area contributed by atoms with Gasteiger partial charge in [0.2, 0.25) is 5.95 Å². The Morgan fingerprint density at radius 3 is 2.92 bits per heavy atom. The summed E-state index contributed by atoms with van der Waals surface area (Å²) in [6.45, 7) is 2.54. The molecule has 0 saturated heterocycles. The van der Waals surface area contributed by atoms with E-state index in [1.165, 1.54) is 4.68 Å². The van der Waals surface area contributed by atoms with E-state index in [1.807, 2.05) is 6.92 Å². The molecule has 1 unspecified atom stereocenters. The SMILES string of the molecule is CCS(=O)CCNc1nnnn1C. The Morgan fingerprint density at radius 1 is 1.62 bits per heavy atom. The van der Waals surface area contributed by atoms with Crippen molar-refractivity contribution in [3.63, 3.8) is 0 Å². The number of anilines is 1. The van der Waals surface area contributed by atoms with Gasteiger partial charge >= 0.3 is 0 Å². The van der Waals surface area contributed by atoms with Crippen molar-refractivity contribution in [2.24, 2.45) is 7.05 Å². The van der Waals surface area contributed by atoms with Crippen molar-refractivity contribution in [1.29, 1.82) is 0 Å². The molecule has 0 aliphatic carbocycles. The predicted octanol–water partition coefficient (Wildman–Crippen LogP) is -0.609. The van der Waals surface area contributed by atoms with Gasteiger partial charge < -0.3 is 5.32 Å². The minimum Gasteiger partial charge on any atom is -0.352 e. The molecule has 0 bridgehead atoms. The van der Waals surface area contributed by atoms with Gasteiger partial charge in [-0.3, -0.25) is 4.21 Å². The highest BCUT2D eigenvalue weighted by atomic mass is 32.2. The van der Waals surface area contributed by atoms with Gasteiger partial charge in [-0.1, -0.05) is 12.0 Å². The second-order valence-corrected chi connectivity index (χ2v) is 4.35. The summed E-state index contributed by atoms with van der Waals surface area (Å²) in [5.41, 5.74) is 0. The number of tetrazole rings is 1. The van der Waals surface area contributed by atoms with Gasteiger partial charge in [-0.05, 0) is 10.4 Å². The molecule has 0 aromatic carbocycles. The van der Waals surface area contributed by atoms with Crippen LogP contribution in [0.1, 0.15) is 6.92 Å². The van der Waals surface area contributed by atoms with Gasteiger partial charge in [-0.2, -0.15) is 0 Å². The van der Waals surface area contributed by atoms with Crippen LogP contribution in [0.25, 0.3) is 0 Å². The summed E-state index contributed by atoms with van der Waals surface area (Å²) < 4.78 is 12.6. The lowest BCUT2D eigenvalue weighted by Crippen LogP contribution is -2.14. The Balaban J connectivity index is 2.28. The number of aromatic nitrogens is 4. The Labute approximate surface area is 79.2 Å². The van der Waals surface area contributed by atoms with Crippen LogP contribution < -0.4 is 5.32 Å². The van der Waals surface area contributed by atoms with E-state index in [9.17, 15) is 4.21 Å². The van der Waals surface area contributed by atoms with Crippen LogP contribution in [0, 0.1) is 0 Å². The summed E-state index contributed by atoms with van der Waals surface area (Å²) in [6, 6.07) is 0. The van der Waals surface area contributed by atoms with E-state index in [0.717, 1.165) is 0 Å². The molecule has 0 aliphatic rings. The minimum absolute atomic E-state index is 0.605. The second kappa shape index (κ2) is 4.90. The highest BCUT2D eigenvalue weighted by Gasteiger charge is 2.00. The standard InChI is InChI=1S/C6H13N5OS/c1-3-13(12)5-4-7-6-8-9-10-11(6)2/h3-5H2,1-2H3,(H,7,8,10). The molecule has 1 rings (SSSR count). The molecular formula is C6H13N5OS. The summed E-state index contributed by atoms with van der Waals surface area (Å²) in [6.07, 6.45) is 0. The highest BCUT2D eigenvalue weighted by Crippen LogP contribution is 1.94. The molecule has 1 N–H and O–H groups in total. The van der Waals surface area contributed by atoms with E-state index in [-0.39, 0.29) is 0 Å². The van der Waals surface area contributed by atoms with E-state index in [4.69, 9.17) is 0 Å². The second-order valence-electron chi connectivity index (χ2n) is 2.49. The number of hydrogen-bond acceptors (Lipinski definition) is 5. The van der Waals surface area contributed by atoms with Crippen LogP contribution in [0.3, 0.4) is 0 Å². The van der Waals surface area contributed by atoms with Gasteiger partial charge in [0.25, 0.3) is 0 Å². The average Bonchev–Trinajstić information content (AvgIpc) is 2.52. The summed E-state index contributed by atoms with van der Waals surface area (Å²) >= 11 is 0. The molecule has 1 atom stereocenters. The van der Waals surface area contributed by atoms with E-state index >= 15 is 0 Å². The first kappa shape index (κ1) is 10.1. The molecule has 74 valence electrons. The van der Waals surface area contributed by atoms with Crippen molar-refractivity contribution in [3.8, 4) is 0 Å². The molecule has 0 radical (unpaired) electrons. The van der Waals surface area contributed by atoms with Gasteiger partial charge in [0.1, 0.15) is 0 Å². The summed E-state index contributed by atoms with van der Waals surface area (Å²) in [4.78, 5) is 0. The summed E-state index contributed by atoms with van der Waals surface area (Å²) in [5, 5.41) is 13.8. The van der Waals surface area contributed by atoms with Crippen molar-refractivity contribution in [1.82, 2.24) is 20.2 Å². The monoisotopic (exact) mass is 203 g/mol. The van der Waals surface area contributed by atoms with Gasteiger partial charge in [0.05, 0.1) is 0 Å². The Morgan fingerprint density at radius 2 is 2.38 bits per heavy atom. The predicted molar refractivity (Wildman–Crippen MR) is 50.8 cm³/mol. The Kier molecular flexibility index (Phi) is 3.81. The van der Waals surface area contributed by atoms with Gasteiger partial charge in [0.15, 0.2) is 0 Å². The lowest BCUT2D eigenvalue weighted by atomic mass is 10.7. The number of aryl methyl sites for hydroxylation is 1.